The first-order valence-electron chi connectivity index (χ1n) is 7.91. The Labute approximate surface area is 133 Å². The van der Waals surface area contributed by atoms with Crippen LogP contribution in [0, 0.1) is 0 Å². The highest BCUT2D eigenvalue weighted by atomic mass is 35.5. The molecule has 3 nitrogen and oxygen atoms in total. The summed E-state index contributed by atoms with van der Waals surface area (Å²) in [7, 11) is 0. The Morgan fingerprint density at radius 3 is 2.90 bits per heavy atom. The smallest absolute Gasteiger partial charge is 0.221 e. The van der Waals surface area contributed by atoms with E-state index in [0.717, 1.165) is 19.5 Å². The van der Waals surface area contributed by atoms with Crippen molar-refractivity contribution in [2.24, 2.45) is 0 Å². The Morgan fingerprint density at radius 1 is 1.24 bits per heavy atom. The maximum Gasteiger partial charge on any atom is 0.221 e. The van der Waals surface area contributed by atoms with E-state index in [4.69, 9.17) is 0 Å². The topological polar surface area (TPSA) is 41.1 Å². The zero-order valence-corrected chi connectivity index (χ0v) is 13.3. The lowest BCUT2D eigenvalue weighted by atomic mass is 9.83. The summed E-state index contributed by atoms with van der Waals surface area (Å²) in [5.74, 6) is 0.702. The summed E-state index contributed by atoms with van der Waals surface area (Å²) < 4.78 is 0. The predicted octanol–water partition coefficient (Wildman–Crippen LogP) is 2.79. The van der Waals surface area contributed by atoms with Crippen LogP contribution < -0.4 is 10.6 Å². The molecule has 0 spiro atoms. The molecule has 4 heteroatoms. The van der Waals surface area contributed by atoms with Gasteiger partial charge in [-0.15, -0.1) is 12.4 Å². The van der Waals surface area contributed by atoms with Gasteiger partial charge in [-0.2, -0.15) is 0 Å². The second-order valence-electron chi connectivity index (χ2n) is 6.09. The Kier molecular flexibility index (Phi) is 6.07. The van der Waals surface area contributed by atoms with E-state index < -0.39 is 0 Å². The number of carbonyl (C=O) groups is 1. The van der Waals surface area contributed by atoms with E-state index in [-0.39, 0.29) is 18.3 Å². The lowest BCUT2D eigenvalue weighted by Gasteiger charge is -2.25. The third kappa shape index (κ3) is 4.21. The first kappa shape index (κ1) is 16.3. The second-order valence-corrected chi connectivity index (χ2v) is 6.09. The number of fused-ring (bicyclic) bond motifs is 1. The van der Waals surface area contributed by atoms with Gasteiger partial charge in [0, 0.05) is 24.9 Å². The van der Waals surface area contributed by atoms with E-state index in [1.54, 1.807) is 0 Å². The van der Waals surface area contributed by atoms with Crippen LogP contribution in [0.25, 0.3) is 0 Å². The number of benzene rings is 1. The van der Waals surface area contributed by atoms with E-state index in [9.17, 15) is 4.79 Å². The van der Waals surface area contributed by atoms with Gasteiger partial charge in [-0.3, -0.25) is 4.79 Å². The molecular weight excluding hydrogens is 284 g/mol. The lowest BCUT2D eigenvalue weighted by molar-refractivity contribution is -0.121. The van der Waals surface area contributed by atoms with Crippen LogP contribution in [-0.2, 0) is 11.2 Å². The number of amides is 1. The van der Waals surface area contributed by atoms with Gasteiger partial charge in [-0.1, -0.05) is 24.3 Å². The van der Waals surface area contributed by atoms with Gasteiger partial charge in [-0.25, -0.2) is 0 Å². The summed E-state index contributed by atoms with van der Waals surface area (Å²) in [6.07, 6.45) is 6.59. The Balaban J connectivity index is 0.00000161. The highest BCUT2D eigenvalue weighted by Crippen LogP contribution is 2.30. The molecule has 1 heterocycles. The average molecular weight is 309 g/mol. The fourth-order valence-corrected chi connectivity index (χ4v) is 3.53. The summed E-state index contributed by atoms with van der Waals surface area (Å²) in [6.45, 7) is 1.86. The number of halogens is 1. The number of hydrogen-bond acceptors (Lipinski definition) is 2. The average Bonchev–Trinajstić information content (AvgIpc) is 2.98. The van der Waals surface area contributed by atoms with Gasteiger partial charge in [0.25, 0.3) is 0 Å². The quantitative estimate of drug-likeness (QED) is 0.898. The number of carbonyl (C=O) groups excluding carboxylic acids is 1. The summed E-state index contributed by atoms with van der Waals surface area (Å²) in [5.41, 5.74) is 2.91. The first-order valence-corrected chi connectivity index (χ1v) is 7.91. The summed E-state index contributed by atoms with van der Waals surface area (Å²) in [5, 5.41) is 6.52. The van der Waals surface area contributed by atoms with E-state index in [2.05, 4.69) is 34.9 Å². The Morgan fingerprint density at radius 2 is 2.10 bits per heavy atom. The normalized spacial score (nSPS) is 24.0. The number of aryl methyl sites for hydroxylation is 1. The predicted molar refractivity (Wildman–Crippen MR) is 88.0 cm³/mol. The summed E-state index contributed by atoms with van der Waals surface area (Å²) in [6, 6.07) is 9.08. The minimum atomic E-state index is 0. The molecule has 1 aliphatic carbocycles. The third-order valence-corrected chi connectivity index (χ3v) is 4.63. The molecule has 2 N–H and O–H groups in total. The van der Waals surface area contributed by atoms with Crippen molar-refractivity contribution in [1.82, 2.24) is 10.6 Å². The van der Waals surface area contributed by atoms with Crippen molar-refractivity contribution in [2.75, 3.05) is 13.1 Å². The van der Waals surface area contributed by atoms with Crippen molar-refractivity contribution in [1.29, 1.82) is 0 Å². The maximum absolute atomic E-state index is 12.0. The minimum Gasteiger partial charge on any atom is -0.355 e. The summed E-state index contributed by atoms with van der Waals surface area (Å²) >= 11 is 0. The molecule has 21 heavy (non-hydrogen) atoms. The molecule has 1 saturated heterocycles. The van der Waals surface area contributed by atoms with E-state index in [1.165, 1.54) is 36.8 Å². The van der Waals surface area contributed by atoms with Crippen LogP contribution >= 0.6 is 12.4 Å². The molecule has 0 bridgehead atoms. The molecule has 2 aliphatic rings. The third-order valence-electron chi connectivity index (χ3n) is 4.63. The zero-order valence-electron chi connectivity index (χ0n) is 12.4. The largest absolute Gasteiger partial charge is 0.355 e. The number of nitrogens with one attached hydrogen (secondary N) is 2. The standard InChI is InChI=1S/C17H24N2O.ClH/c20-17(11-15-8-4-10-18-15)19-12-14-7-3-6-13-5-1-2-9-16(13)14;/h1-2,5,9,14-15,18H,3-4,6-8,10-12H2,(H,19,20);1H. The SMILES string of the molecule is Cl.O=C(CC1CCCN1)NCC1CCCc2ccccc21. The van der Waals surface area contributed by atoms with Crippen molar-refractivity contribution in [3.05, 3.63) is 35.4 Å². The minimum absolute atomic E-state index is 0. The molecule has 1 aliphatic heterocycles. The van der Waals surface area contributed by atoms with Gasteiger partial charge in [0.05, 0.1) is 0 Å². The van der Waals surface area contributed by atoms with Gasteiger partial charge >= 0.3 is 0 Å². The summed E-state index contributed by atoms with van der Waals surface area (Å²) in [4.78, 5) is 12.0. The highest BCUT2D eigenvalue weighted by Gasteiger charge is 2.21. The fourth-order valence-electron chi connectivity index (χ4n) is 3.53. The van der Waals surface area contributed by atoms with E-state index >= 15 is 0 Å². The maximum atomic E-state index is 12.0. The van der Waals surface area contributed by atoms with Gasteiger partial charge in [0.15, 0.2) is 0 Å². The number of hydrogen-bond donors (Lipinski definition) is 2. The van der Waals surface area contributed by atoms with Gasteiger partial charge < -0.3 is 10.6 Å². The van der Waals surface area contributed by atoms with Crippen LogP contribution in [0.3, 0.4) is 0 Å². The molecule has 0 saturated carbocycles. The van der Waals surface area contributed by atoms with Crippen LogP contribution in [0.1, 0.15) is 49.1 Å². The monoisotopic (exact) mass is 308 g/mol. The first-order chi connectivity index (χ1) is 9.83. The number of rotatable bonds is 4. The Hall–Kier alpha value is -1.06. The van der Waals surface area contributed by atoms with E-state index in [0.29, 0.717) is 18.4 Å². The molecule has 116 valence electrons. The molecule has 0 radical (unpaired) electrons. The van der Waals surface area contributed by atoms with Gasteiger partial charge in [-0.05, 0) is 49.8 Å². The van der Waals surface area contributed by atoms with Crippen LogP contribution in [-0.4, -0.2) is 25.0 Å². The molecule has 2 atom stereocenters. The molecule has 0 aromatic heterocycles. The fraction of sp³-hybridized carbons (Fsp3) is 0.588. The molecule has 2 unspecified atom stereocenters. The Bertz CT molecular complexity index is 472. The van der Waals surface area contributed by atoms with Crippen LogP contribution in [0.2, 0.25) is 0 Å². The molecule has 1 aromatic rings. The van der Waals surface area contributed by atoms with Crippen molar-refractivity contribution >= 4 is 18.3 Å². The molecule has 1 aromatic carbocycles. The lowest BCUT2D eigenvalue weighted by Crippen LogP contribution is -2.34. The van der Waals surface area contributed by atoms with Gasteiger partial charge in [0.1, 0.15) is 0 Å². The zero-order chi connectivity index (χ0) is 13.8. The van der Waals surface area contributed by atoms with Crippen LogP contribution in [0.4, 0.5) is 0 Å². The second kappa shape index (κ2) is 7.81. The van der Waals surface area contributed by atoms with Crippen molar-refractivity contribution in [3.63, 3.8) is 0 Å². The van der Waals surface area contributed by atoms with Gasteiger partial charge in [0.2, 0.25) is 5.91 Å². The van der Waals surface area contributed by atoms with Crippen LogP contribution in [0.5, 0.6) is 0 Å². The molecular formula is C17H25ClN2O. The molecule has 3 rings (SSSR count). The van der Waals surface area contributed by atoms with Crippen molar-refractivity contribution in [3.8, 4) is 0 Å². The molecule has 1 fully saturated rings. The molecule has 1 amide bonds. The van der Waals surface area contributed by atoms with Crippen LogP contribution in [0.15, 0.2) is 24.3 Å². The van der Waals surface area contributed by atoms with E-state index in [1.807, 2.05) is 0 Å². The van der Waals surface area contributed by atoms with Crippen molar-refractivity contribution < 1.29 is 4.79 Å². The highest BCUT2D eigenvalue weighted by molar-refractivity contribution is 5.85. The van der Waals surface area contributed by atoms with Crippen molar-refractivity contribution in [2.45, 2.75) is 50.5 Å².